The summed E-state index contributed by atoms with van der Waals surface area (Å²) in [5, 5.41) is 12.7. The summed E-state index contributed by atoms with van der Waals surface area (Å²) in [6, 6.07) is -0.708. The third-order valence-electron chi connectivity index (χ3n) is 2.32. The number of urea groups is 1. The van der Waals surface area contributed by atoms with Gasteiger partial charge in [0.05, 0.1) is 18.2 Å². The van der Waals surface area contributed by atoms with Crippen molar-refractivity contribution in [1.82, 2.24) is 20.2 Å². The predicted octanol–water partition coefficient (Wildman–Crippen LogP) is 0.624. The van der Waals surface area contributed by atoms with Crippen LogP contribution in [-0.2, 0) is 6.54 Å². The van der Waals surface area contributed by atoms with Crippen molar-refractivity contribution in [2.45, 2.75) is 25.9 Å². The topological polar surface area (TPSA) is 82.8 Å². The Kier molecular flexibility index (Phi) is 2.40. The lowest BCUT2D eigenvalue weighted by Crippen LogP contribution is -2.22. The second-order valence-corrected chi connectivity index (χ2v) is 3.46. The van der Waals surface area contributed by atoms with Gasteiger partial charge in [-0.05, 0) is 6.42 Å². The monoisotopic (exact) mass is 207 g/mol. The van der Waals surface area contributed by atoms with E-state index in [2.05, 4.69) is 22.5 Å². The minimum atomic E-state index is -0.383. The smallest absolute Gasteiger partial charge is 0.321 e. The molecule has 6 heteroatoms. The summed E-state index contributed by atoms with van der Waals surface area (Å²) in [5.41, 5.74) is 0.847. The van der Waals surface area contributed by atoms with Gasteiger partial charge in [-0.1, -0.05) is 6.92 Å². The van der Waals surface area contributed by atoms with E-state index in [4.69, 9.17) is 5.41 Å². The SMILES string of the molecule is CCCn1cncc1C1NC(=O)NC1=N. The molecule has 80 valence electrons. The van der Waals surface area contributed by atoms with Crippen molar-refractivity contribution in [2.24, 2.45) is 0 Å². The number of hydrogen-bond acceptors (Lipinski definition) is 3. The fourth-order valence-corrected chi connectivity index (χ4v) is 1.65. The zero-order valence-electron chi connectivity index (χ0n) is 8.45. The number of nitrogens with one attached hydrogen (secondary N) is 3. The van der Waals surface area contributed by atoms with Crippen LogP contribution in [0.3, 0.4) is 0 Å². The van der Waals surface area contributed by atoms with E-state index < -0.39 is 0 Å². The molecule has 15 heavy (non-hydrogen) atoms. The van der Waals surface area contributed by atoms with E-state index in [-0.39, 0.29) is 17.9 Å². The zero-order valence-corrected chi connectivity index (χ0v) is 8.45. The fourth-order valence-electron chi connectivity index (χ4n) is 1.65. The quantitative estimate of drug-likeness (QED) is 0.679. The number of hydrogen-bond donors (Lipinski definition) is 3. The number of amidine groups is 1. The number of aryl methyl sites for hydroxylation is 1. The first kappa shape index (κ1) is 9.70. The Morgan fingerprint density at radius 1 is 1.67 bits per heavy atom. The van der Waals surface area contributed by atoms with Gasteiger partial charge in [0.25, 0.3) is 0 Å². The Balaban J connectivity index is 2.25. The van der Waals surface area contributed by atoms with Gasteiger partial charge in [0.2, 0.25) is 0 Å². The lowest BCUT2D eigenvalue weighted by Gasteiger charge is -2.11. The van der Waals surface area contributed by atoms with Crippen LogP contribution >= 0.6 is 0 Å². The molecule has 0 radical (unpaired) electrons. The van der Waals surface area contributed by atoms with E-state index in [1.54, 1.807) is 12.5 Å². The van der Waals surface area contributed by atoms with E-state index in [1.807, 2.05) is 4.57 Å². The Bertz CT molecular complexity index is 397. The molecule has 1 atom stereocenters. The number of rotatable bonds is 3. The standard InChI is InChI=1S/C9H13N5O/c1-2-3-14-5-11-4-6(14)7-8(10)13-9(15)12-7/h4-5,7H,2-3H2,1H3,(H3,10,12,13,15). The molecule has 1 fully saturated rings. The Hall–Kier alpha value is -1.85. The summed E-state index contributed by atoms with van der Waals surface area (Å²) >= 11 is 0. The van der Waals surface area contributed by atoms with Crippen LogP contribution in [-0.4, -0.2) is 21.4 Å². The molecule has 3 N–H and O–H groups in total. The lowest BCUT2D eigenvalue weighted by atomic mass is 10.2. The second-order valence-electron chi connectivity index (χ2n) is 3.46. The Morgan fingerprint density at radius 2 is 2.47 bits per heavy atom. The molecule has 6 nitrogen and oxygen atoms in total. The third kappa shape index (κ3) is 1.70. The van der Waals surface area contributed by atoms with Crippen molar-refractivity contribution < 1.29 is 4.79 Å². The molecule has 0 saturated carbocycles. The summed E-state index contributed by atoms with van der Waals surface area (Å²) in [6.45, 7) is 2.91. The molecular formula is C9H13N5O. The number of aromatic nitrogens is 2. The molecule has 2 rings (SSSR count). The maximum atomic E-state index is 11.0. The van der Waals surface area contributed by atoms with Gasteiger partial charge >= 0.3 is 6.03 Å². The highest BCUT2D eigenvalue weighted by atomic mass is 16.2. The van der Waals surface area contributed by atoms with Crippen molar-refractivity contribution in [3.05, 3.63) is 18.2 Å². The summed E-state index contributed by atoms with van der Waals surface area (Å²) in [6.07, 6.45) is 4.39. The largest absolute Gasteiger partial charge is 0.332 e. The van der Waals surface area contributed by atoms with Gasteiger partial charge in [0.1, 0.15) is 11.9 Å². The zero-order chi connectivity index (χ0) is 10.8. The summed E-state index contributed by atoms with van der Waals surface area (Å²) in [4.78, 5) is 15.1. The molecule has 0 aromatic carbocycles. The number of carbonyl (C=O) groups excluding carboxylic acids is 1. The molecule has 1 aliphatic rings. The van der Waals surface area contributed by atoms with Crippen LogP contribution < -0.4 is 10.6 Å². The van der Waals surface area contributed by atoms with Crippen LogP contribution in [0.25, 0.3) is 0 Å². The highest BCUT2D eigenvalue weighted by molar-refractivity contribution is 6.05. The third-order valence-corrected chi connectivity index (χ3v) is 2.32. The van der Waals surface area contributed by atoms with Crippen LogP contribution in [0.2, 0.25) is 0 Å². The lowest BCUT2D eigenvalue weighted by molar-refractivity contribution is 0.247. The van der Waals surface area contributed by atoms with Crippen LogP contribution in [0, 0.1) is 5.41 Å². The minimum Gasteiger partial charge on any atom is -0.332 e. The van der Waals surface area contributed by atoms with Crippen LogP contribution in [0.4, 0.5) is 4.79 Å². The highest BCUT2D eigenvalue weighted by Gasteiger charge is 2.29. The molecule has 1 aromatic rings. The molecule has 2 heterocycles. The van der Waals surface area contributed by atoms with E-state index >= 15 is 0 Å². The maximum absolute atomic E-state index is 11.0. The van der Waals surface area contributed by atoms with E-state index in [0.29, 0.717) is 0 Å². The summed E-state index contributed by atoms with van der Waals surface area (Å²) in [5.74, 6) is 0.179. The molecule has 1 aromatic heterocycles. The number of imidazole rings is 1. The minimum absolute atomic E-state index is 0.179. The van der Waals surface area contributed by atoms with Crippen molar-refractivity contribution >= 4 is 11.9 Å². The first-order valence-corrected chi connectivity index (χ1v) is 4.88. The number of amides is 2. The molecule has 2 amide bonds. The number of nitrogens with zero attached hydrogens (tertiary/aromatic N) is 2. The van der Waals surface area contributed by atoms with Crippen molar-refractivity contribution in [2.75, 3.05) is 0 Å². The summed E-state index contributed by atoms with van der Waals surface area (Å²) < 4.78 is 1.95. The van der Waals surface area contributed by atoms with Gasteiger partial charge in [-0.2, -0.15) is 0 Å². The van der Waals surface area contributed by atoms with Gasteiger partial charge in [-0.3, -0.25) is 10.7 Å². The molecule has 1 aliphatic heterocycles. The first-order chi connectivity index (χ1) is 7.22. The van der Waals surface area contributed by atoms with Crippen molar-refractivity contribution in [3.8, 4) is 0 Å². The fraction of sp³-hybridized carbons (Fsp3) is 0.444. The highest BCUT2D eigenvalue weighted by Crippen LogP contribution is 2.16. The van der Waals surface area contributed by atoms with Crippen molar-refractivity contribution in [1.29, 1.82) is 5.41 Å². The summed E-state index contributed by atoms with van der Waals surface area (Å²) in [7, 11) is 0. The normalized spacial score (nSPS) is 20.2. The van der Waals surface area contributed by atoms with Gasteiger partial charge in [-0.25, -0.2) is 9.78 Å². The van der Waals surface area contributed by atoms with Gasteiger partial charge in [0, 0.05) is 6.54 Å². The molecule has 1 saturated heterocycles. The van der Waals surface area contributed by atoms with Crippen molar-refractivity contribution in [3.63, 3.8) is 0 Å². The first-order valence-electron chi connectivity index (χ1n) is 4.88. The van der Waals surface area contributed by atoms with Crippen LogP contribution in [0.5, 0.6) is 0 Å². The van der Waals surface area contributed by atoms with Crippen LogP contribution in [0.15, 0.2) is 12.5 Å². The van der Waals surface area contributed by atoms with Gasteiger partial charge in [0.15, 0.2) is 0 Å². The van der Waals surface area contributed by atoms with Crippen LogP contribution in [0.1, 0.15) is 25.1 Å². The second kappa shape index (κ2) is 3.72. The van der Waals surface area contributed by atoms with Gasteiger partial charge in [-0.15, -0.1) is 0 Å². The molecule has 1 unspecified atom stereocenters. The van der Waals surface area contributed by atoms with E-state index in [1.165, 1.54) is 0 Å². The predicted molar refractivity (Wildman–Crippen MR) is 54.7 cm³/mol. The van der Waals surface area contributed by atoms with E-state index in [9.17, 15) is 4.79 Å². The average Bonchev–Trinajstić information content (AvgIpc) is 2.73. The Labute approximate surface area is 87.2 Å². The average molecular weight is 207 g/mol. The van der Waals surface area contributed by atoms with Gasteiger partial charge < -0.3 is 9.88 Å². The molecule has 0 bridgehead atoms. The molecule has 0 spiro atoms. The molecular weight excluding hydrogens is 194 g/mol. The maximum Gasteiger partial charge on any atom is 0.321 e. The Morgan fingerprint density at radius 3 is 3.07 bits per heavy atom. The molecule has 0 aliphatic carbocycles. The number of carbonyl (C=O) groups is 1. The van der Waals surface area contributed by atoms with E-state index in [0.717, 1.165) is 18.7 Å².